The van der Waals surface area contributed by atoms with E-state index in [-0.39, 0.29) is 37.2 Å². The zero-order chi connectivity index (χ0) is 6.00. The standard InChI is InChI=1S/3ClH.3H4OSi/c;;;3*1-2/h3*1H;3*1H,2H3. The first-order chi connectivity index (χ1) is 3.00. The Morgan fingerprint density at radius 1 is 0.444 bits per heavy atom. The molecule has 0 aliphatic rings. The molecule has 0 amide bonds. The van der Waals surface area contributed by atoms with Crippen LogP contribution in [-0.4, -0.2) is 45.8 Å². The van der Waals surface area contributed by atoms with Crippen LogP contribution in [0.5, 0.6) is 0 Å². The molecular weight excluding hydrogens is 239 g/mol. The number of hydrogen-bond donors (Lipinski definition) is 3. The van der Waals surface area contributed by atoms with Gasteiger partial charge in [-0.05, 0) is 0 Å². The van der Waals surface area contributed by atoms with Crippen molar-refractivity contribution in [2.45, 2.75) is 0 Å². The van der Waals surface area contributed by atoms with Gasteiger partial charge in [-0.15, -0.1) is 37.2 Å². The van der Waals surface area contributed by atoms with Gasteiger partial charge in [0.2, 0.25) is 0 Å². The van der Waals surface area contributed by atoms with Gasteiger partial charge in [-0.3, -0.25) is 0 Å². The molecule has 0 rings (SSSR count). The van der Waals surface area contributed by atoms with Crippen LogP contribution in [-0.2, 0) is 0 Å². The molecule has 66 valence electrons. The van der Waals surface area contributed by atoms with E-state index in [4.69, 9.17) is 14.4 Å². The Balaban J connectivity index is -0.00000000321. The maximum atomic E-state index is 7.14. The molecule has 0 aromatic rings. The van der Waals surface area contributed by atoms with Crippen LogP contribution in [0.3, 0.4) is 0 Å². The Hall–Kier alpha value is 1.40. The highest BCUT2D eigenvalue weighted by molar-refractivity contribution is 5.95. The summed E-state index contributed by atoms with van der Waals surface area (Å²) < 4.78 is 0. The summed E-state index contributed by atoms with van der Waals surface area (Å²) in [5.41, 5.74) is 0. The van der Waals surface area contributed by atoms with Crippen molar-refractivity contribution in [3.05, 3.63) is 0 Å². The van der Waals surface area contributed by atoms with Crippen molar-refractivity contribution in [3.63, 3.8) is 0 Å². The quantitative estimate of drug-likeness (QED) is 0.386. The molecule has 0 saturated heterocycles. The molecule has 0 aromatic carbocycles. The van der Waals surface area contributed by atoms with Crippen molar-refractivity contribution in [3.8, 4) is 0 Å². The third-order valence-electron chi connectivity index (χ3n) is 0. The lowest BCUT2D eigenvalue weighted by Gasteiger charge is -1.19. The molecule has 0 aromatic heterocycles. The summed E-state index contributed by atoms with van der Waals surface area (Å²) in [6, 6.07) is 0. The lowest BCUT2D eigenvalue weighted by Crippen LogP contribution is -1.34. The summed E-state index contributed by atoms with van der Waals surface area (Å²) in [7, 11) is 0.917. The minimum absolute atomic E-state index is 0. The summed E-state index contributed by atoms with van der Waals surface area (Å²) in [6.07, 6.45) is 0. The van der Waals surface area contributed by atoms with Crippen LogP contribution >= 0.6 is 37.2 Å². The molecule has 0 aliphatic heterocycles. The summed E-state index contributed by atoms with van der Waals surface area (Å²) in [5.74, 6) is 0. The number of halogens is 3. The summed E-state index contributed by atoms with van der Waals surface area (Å²) >= 11 is 0. The zero-order valence-corrected chi connectivity index (χ0v) is 14.0. The van der Waals surface area contributed by atoms with E-state index < -0.39 is 0 Å². The minimum atomic E-state index is 0. The molecule has 0 radical (unpaired) electrons. The lowest BCUT2D eigenvalue weighted by molar-refractivity contribution is 0.628. The second kappa shape index (κ2) is 338. The molecule has 3 nitrogen and oxygen atoms in total. The van der Waals surface area contributed by atoms with Crippen LogP contribution in [0.15, 0.2) is 0 Å². The van der Waals surface area contributed by atoms with Crippen LogP contribution in [0.4, 0.5) is 0 Å². The molecule has 0 heterocycles. The summed E-state index contributed by atoms with van der Waals surface area (Å²) in [5, 5.41) is 0. The van der Waals surface area contributed by atoms with Crippen molar-refractivity contribution in [1.82, 2.24) is 0 Å². The molecule has 0 spiro atoms. The van der Waals surface area contributed by atoms with E-state index in [1.165, 1.54) is 0 Å². The second-order valence-electron chi connectivity index (χ2n) is 0. The van der Waals surface area contributed by atoms with E-state index in [0.717, 1.165) is 0 Å². The van der Waals surface area contributed by atoms with Gasteiger partial charge < -0.3 is 14.4 Å². The fourth-order valence-electron chi connectivity index (χ4n) is 0. The van der Waals surface area contributed by atoms with Crippen molar-refractivity contribution < 1.29 is 14.4 Å². The normalized spacial score (nSPS) is 3.00. The van der Waals surface area contributed by atoms with E-state index in [0.29, 0.717) is 31.5 Å². The van der Waals surface area contributed by atoms with E-state index >= 15 is 0 Å². The molecule has 0 atom stereocenters. The van der Waals surface area contributed by atoms with Crippen LogP contribution in [0, 0.1) is 0 Å². The molecule has 3 N–H and O–H groups in total. The Morgan fingerprint density at radius 2 is 0.444 bits per heavy atom. The van der Waals surface area contributed by atoms with E-state index in [1.54, 1.807) is 0 Å². The van der Waals surface area contributed by atoms with Crippen LogP contribution in [0.1, 0.15) is 0 Å². The third-order valence-corrected chi connectivity index (χ3v) is 0. The van der Waals surface area contributed by atoms with Gasteiger partial charge in [0.15, 0.2) is 0 Å². The second-order valence-corrected chi connectivity index (χ2v) is 0. The fourth-order valence-corrected chi connectivity index (χ4v) is 0. The van der Waals surface area contributed by atoms with E-state index in [9.17, 15) is 0 Å². The van der Waals surface area contributed by atoms with Crippen molar-refractivity contribution in [2.75, 3.05) is 0 Å². The van der Waals surface area contributed by atoms with Crippen molar-refractivity contribution >= 4 is 68.7 Å². The predicted molar refractivity (Wildman–Crippen MR) is 58.2 cm³/mol. The lowest BCUT2D eigenvalue weighted by atomic mass is 15.9. The van der Waals surface area contributed by atoms with Gasteiger partial charge in [0.1, 0.15) is 31.5 Å². The predicted octanol–water partition coefficient (Wildman–Crippen LogP) is -3.96. The maximum absolute atomic E-state index is 7.14. The molecule has 0 fully saturated rings. The first-order valence-corrected chi connectivity index (χ1v) is 4.02. The molecule has 0 saturated carbocycles. The SMILES string of the molecule is Cl.Cl.Cl.O[SiH3].O[SiH3].O[SiH3]. The highest BCUT2D eigenvalue weighted by Gasteiger charge is 0.895. The van der Waals surface area contributed by atoms with Crippen LogP contribution in [0.2, 0.25) is 0 Å². The molecule has 9 heteroatoms. The molecule has 9 heavy (non-hydrogen) atoms. The first-order valence-electron chi connectivity index (χ1n) is 1.34. The first kappa shape index (κ1) is 47.5. The summed E-state index contributed by atoms with van der Waals surface area (Å²) in [6.45, 7) is 0. The van der Waals surface area contributed by atoms with Gasteiger partial charge in [-0.25, -0.2) is 0 Å². The van der Waals surface area contributed by atoms with E-state index in [2.05, 4.69) is 0 Å². The van der Waals surface area contributed by atoms with E-state index in [1.807, 2.05) is 0 Å². The molecule has 0 unspecified atom stereocenters. The highest BCUT2D eigenvalue weighted by Crippen LogP contribution is 0.692. The molecule has 0 aliphatic carbocycles. The highest BCUT2D eigenvalue weighted by atomic mass is 35.5. The average Bonchev–Trinajstić information content (AvgIpc) is 1.81. The van der Waals surface area contributed by atoms with Crippen LogP contribution < -0.4 is 0 Å². The monoisotopic (exact) mass is 252 g/mol. The van der Waals surface area contributed by atoms with Gasteiger partial charge in [0.05, 0.1) is 0 Å². The van der Waals surface area contributed by atoms with Crippen LogP contribution in [0.25, 0.3) is 0 Å². The largest absolute Gasteiger partial charge is 0.442 e. The van der Waals surface area contributed by atoms with Gasteiger partial charge in [0, 0.05) is 0 Å². The Labute approximate surface area is 83.1 Å². The number of rotatable bonds is 0. The maximum Gasteiger partial charge on any atom is 0.141 e. The van der Waals surface area contributed by atoms with Crippen molar-refractivity contribution in [1.29, 1.82) is 0 Å². The minimum Gasteiger partial charge on any atom is -0.442 e. The Bertz CT molecular complexity index is 14.3. The molecular formula is H15Cl3O3Si3. The van der Waals surface area contributed by atoms with Gasteiger partial charge >= 0.3 is 0 Å². The van der Waals surface area contributed by atoms with Gasteiger partial charge in [0.25, 0.3) is 0 Å². The number of hydrogen-bond acceptors (Lipinski definition) is 3. The topological polar surface area (TPSA) is 60.7 Å². The summed E-state index contributed by atoms with van der Waals surface area (Å²) in [4.78, 5) is 21.4. The van der Waals surface area contributed by atoms with Gasteiger partial charge in [-0.1, -0.05) is 0 Å². The fraction of sp³-hybridized carbons (Fsp3) is 0. The Kier molecular flexibility index (Phi) is 1780. The van der Waals surface area contributed by atoms with Crippen molar-refractivity contribution in [2.24, 2.45) is 0 Å². The third kappa shape index (κ3) is 262. The zero-order valence-electron chi connectivity index (χ0n) is 5.57. The smallest absolute Gasteiger partial charge is 0.141 e. The van der Waals surface area contributed by atoms with Gasteiger partial charge in [-0.2, -0.15) is 0 Å². The average molecular weight is 254 g/mol. The molecule has 0 bridgehead atoms. The Morgan fingerprint density at radius 3 is 0.444 bits per heavy atom.